The van der Waals surface area contributed by atoms with Gasteiger partial charge in [0, 0.05) is 19.2 Å². The van der Waals surface area contributed by atoms with Gasteiger partial charge in [0.1, 0.15) is 11.5 Å². The molecule has 0 radical (unpaired) electrons. The van der Waals surface area contributed by atoms with E-state index in [1.54, 1.807) is 36.5 Å². The van der Waals surface area contributed by atoms with Crippen molar-refractivity contribution in [2.24, 2.45) is 0 Å². The van der Waals surface area contributed by atoms with Crippen molar-refractivity contribution < 1.29 is 13.7 Å². The van der Waals surface area contributed by atoms with Gasteiger partial charge in [0.25, 0.3) is 0 Å². The van der Waals surface area contributed by atoms with E-state index in [1.807, 2.05) is 6.07 Å². The van der Waals surface area contributed by atoms with E-state index in [-0.39, 0.29) is 23.9 Å². The van der Waals surface area contributed by atoms with Crippen molar-refractivity contribution in [3.05, 3.63) is 60.4 Å². The van der Waals surface area contributed by atoms with E-state index in [9.17, 15) is 9.18 Å². The summed E-state index contributed by atoms with van der Waals surface area (Å²) in [4.78, 5) is 22.2. The third kappa shape index (κ3) is 2.54. The molecule has 1 unspecified atom stereocenters. The minimum atomic E-state index is -0.425. The highest BCUT2D eigenvalue weighted by Crippen LogP contribution is 2.32. The third-order valence-electron chi connectivity index (χ3n) is 3.95. The molecule has 1 aromatic carbocycles. The average molecular weight is 324 g/mol. The van der Waals surface area contributed by atoms with Crippen LogP contribution in [0.1, 0.15) is 18.2 Å². The molecule has 0 saturated carbocycles. The van der Waals surface area contributed by atoms with Gasteiger partial charge < -0.3 is 9.42 Å². The first-order valence-electron chi connectivity index (χ1n) is 7.52. The summed E-state index contributed by atoms with van der Waals surface area (Å²) >= 11 is 0. The van der Waals surface area contributed by atoms with Crippen molar-refractivity contribution in [2.45, 2.75) is 12.3 Å². The number of anilines is 1. The minimum Gasteiger partial charge on any atom is -0.339 e. The number of pyridine rings is 1. The summed E-state index contributed by atoms with van der Waals surface area (Å²) in [6, 6.07) is 11.6. The lowest BCUT2D eigenvalue weighted by Gasteiger charge is -2.16. The molecule has 7 heteroatoms. The van der Waals surface area contributed by atoms with Crippen molar-refractivity contribution >= 4 is 11.6 Å². The van der Waals surface area contributed by atoms with Crippen LogP contribution in [0.2, 0.25) is 0 Å². The normalized spacial score (nSPS) is 17.5. The Hall–Kier alpha value is -3.09. The summed E-state index contributed by atoms with van der Waals surface area (Å²) in [5, 5.41) is 3.92. The minimum absolute atomic E-state index is 0.164. The summed E-state index contributed by atoms with van der Waals surface area (Å²) in [6.45, 7) is 0.309. The number of hydrogen-bond donors (Lipinski definition) is 0. The number of halogens is 1. The average Bonchev–Trinajstić information content (AvgIpc) is 3.23. The van der Waals surface area contributed by atoms with Gasteiger partial charge in [0.15, 0.2) is 0 Å². The summed E-state index contributed by atoms with van der Waals surface area (Å²) in [7, 11) is 0. The predicted octanol–water partition coefficient (Wildman–Crippen LogP) is 2.79. The lowest BCUT2D eigenvalue weighted by Crippen LogP contribution is -2.25. The van der Waals surface area contributed by atoms with Crippen LogP contribution in [0.4, 0.5) is 10.1 Å². The largest absolute Gasteiger partial charge is 0.339 e. The fraction of sp³-hybridized carbons (Fsp3) is 0.176. The van der Waals surface area contributed by atoms with E-state index < -0.39 is 5.82 Å². The Bertz CT molecular complexity index is 881. The second-order valence-corrected chi connectivity index (χ2v) is 5.53. The molecule has 1 aliphatic rings. The SMILES string of the molecule is O=C1CC(c2nc(-c3ccccn3)no2)CN1c1ccccc1F. The van der Waals surface area contributed by atoms with Gasteiger partial charge in [-0.2, -0.15) is 4.98 Å². The molecule has 4 rings (SSSR count). The van der Waals surface area contributed by atoms with Crippen LogP contribution in [0.5, 0.6) is 0 Å². The van der Waals surface area contributed by atoms with Gasteiger partial charge in [-0.15, -0.1) is 0 Å². The topological polar surface area (TPSA) is 72.1 Å². The number of carbonyl (C=O) groups is 1. The molecule has 3 aromatic rings. The smallest absolute Gasteiger partial charge is 0.232 e. The molecule has 1 amide bonds. The van der Waals surface area contributed by atoms with Crippen molar-refractivity contribution in [1.29, 1.82) is 0 Å². The molecule has 0 bridgehead atoms. The second kappa shape index (κ2) is 5.84. The van der Waals surface area contributed by atoms with E-state index in [0.29, 0.717) is 24.0 Å². The summed E-state index contributed by atoms with van der Waals surface area (Å²) in [5.41, 5.74) is 0.872. The van der Waals surface area contributed by atoms with Crippen molar-refractivity contribution in [2.75, 3.05) is 11.4 Å². The zero-order chi connectivity index (χ0) is 16.5. The fourth-order valence-corrected chi connectivity index (χ4v) is 2.78. The van der Waals surface area contributed by atoms with Gasteiger partial charge in [-0.1, -0.05) is 23.4 Å². The van der Waals surface area contributed by atoms with Crippen LogP contribution < -0.4 is 4.90 Å². The van der Waals surface area contributed by atoms with Gasteiger partial charge in [0.05, 0.1) is 11.6 Å². The standard InChI is InChI=1S/C17H13FN4O2/c18-12-5-1-2-7-14(12)22-10-11(9-15(22)23)17-20-16(21-24-17)13-6-3-4-8-19-13/h1-8,11H,9-10H2. The first-order chi connectivity index (χ1) is 11.7. The Morgan fingerprint density at radius 1 is 1.17 bits per heavy atom. The predicted molar refractivity (Wildman–Crippen MR) is 83.6 cm³/mol. The lowest BCUT2D eigenvalue weighted by molar-refractivity contribution is -0.117. The van der Waals surface area contributed by atoms with Crippen molar-refractivity contribution in [3.8, 4) is 11.5 Å². The quantitative estimate of drug-likeness (QED) is 0.741. The number of amides is 1. The Morgan fingerprint density at radius 2 is 2.00 bits per heavy atom. The molecule has 0 N–H and O–H groups in total. The van der Waals surface area contributed by atoms with Crippen LogP contribution in [-0.2, 0) is 4.79 Å². The number of nitrogens with zero attached hydrogens (tertiary/aromatic N) is 4. The summed E-state index contributed by atoms with van der Waals surface area (Å²) < 4.78 is 19.2. The highest BCUT2D eigenvalue weighted by atomic mass is 19.1. The van der Waals surface area contributed by atoms with Gasteiger partial charge in [-0.25, -0.2) is 4.39 Å². The Morgan fingerprint density at radius 3 is 2.79 bits per heavy atom. The number of aromatic nitrogens is 3. The monoisotopic (exact) mass is 324 g/mol. The molecule has 1 aliphatic heterocycles. The number of carbonyl (C=O) groups excluding carboxylic acids is 1. The Balaban J connectivity index is 1.58. The van der Waals surface area contributed by atoms with Crippen LogP contribution in [0, 0.1) is 5.82 Å². The molecule has 6 nitrogen and oxygen atoms in total. The Labute approximate surface area is 136 Å². The van der Waals surface area contributed by atoms with E-state index in [4.69, 9.17) is 4.52 Å². The number of benzene rings is 1. The first kappa shape index (κ1) is 14.5. The van der Waals surface area contributed by atoms with Crippen LogP contribution in [-0.4, -0.2) is 27.6 Å². The lowest BCUT2D eigenvalue weighted by atomic mass is 10.1. The van der Waals surface area contributed by atoms with Gasteiger partial charge in [-0.05, 0) is 24.3 Å². The molecule has 2 aromatic heterocycles. The Kier molecular flexibility index (Phi) is 3.53. The molecular formula is C17H13FN4O2. The van der Waals surface area contributed by atoms with E-state index in [1.165, 1.54) is 11.0 Å². The molecular weight excluding hydrogens is 311 g/mol. The summed E-state index contributed by atoms with van der Waals surface area (Å²) in [5.74, 6) is -0.110. The molecule has 3 heterocycles. The molecule has 1 atom stereocenters. The second-order valence-electron chi connectivity index (χ2n) is 5.53. The molecule has 1 saturated heterocycles. The number of hydrogen-bond acceptors (Lipinski definition) is 5. The third-order valence-corrected chi connectivity index (χ3v) is 3.95. The van der Waals surface area contributed by atoms with Crippen LogP contribution >= 0.6 is 0 Å². The highest BCUT2D eigenvalue weighted by Gasteiger charge is 2.36. The van der Waals surface area contributed by atoms with Crippen LogP contribution in [0.15, 0.2) is 53.2 Å². The molecule has 1 fully saturated rings. The fourth-order valence-electron chi connectivity index (χ4n) is 2.78. The highest BCUT2D eigenvalue weighted by molar-refractivity contribution is 5.96. The van der Waals surface area contributed by atoms with Crippen LogP contribution in [0.25, 0.3) is 11.5 Å². The van der Waals surface area contributed by atoms with E-state index >= 15 is 0 Å². The zero-order valence-corrected chi connectivity index (χ0v) is 12.6. The maximum Gasteiger partial charge on any atom is 0.232 e. The first-order valence-corrected chi connectivity index (χ1v) is 7.52. The molecule has 0 aliphatic carbocycles. The van der Waals surface area contributed by atoms with E-state index in [2.05, 4.69) is 15.1 Å². The van der Waals surface area contributed by atoms with Crippen molar-refractivity contribution in [3.63, 3.8) is 0 Å². The molecule has 0 spiro atoms. The van der Waals surface area contributed by atoms with Crippen molar-refractivity contribution in [1.82, 2.24) is 15.1 Å². The van der Waals surface area contributed by atoms with E-state index in [0.717, 1.165) is 0 Å². The maximum absolute atomic E-state index is 13.9. The van der Waals surface area contributed by atoms with Crippen LogP contribution in [0.3, 0.4) is 0 Å². The molecule has 120 valence electrons. The maximum atomic E-state index is 13.9. The van der Waals surface area contributed by atoms with Gasteiger partial charge in [0.2, 0.25) is 17.6 Å². The number of para-hydroxylation sites is 1. The molecule has 24 heavy (non-hydrogen) atoms. The van der Waals surface area contributed by atoms with Gasteiger partial charge in [-0.3, -0.25) is 9.78 Å². The number of rotatable bonds is 3. The van der Waals surface area contributed by atoms with Gasteiger partial charge >= 0.3 is 0 Å². The summed E-state index contributed by atoms with van der Waals surface area (Å²) in [6.07, 6.45) is 1.85. The zero-order valence-electron chi connectivity index (χ0n) is 12.6.